The van der Waals surface area contributed by atoms with E-state index in [-0.39, 0.29) is 16.2 Å². The molecule has 0 N–H and O–H groups in total. The third kappa shape index (κ3) is 5.09. The van der Waals surface area contributed by atoms with Gasteiger partial charge in [-0.25, -0.2) is 12.4 Å². The molecule has 8 heteroatoms. The molecule has 0 spiro atoms. The Kier molecular flexibility index (Phi) is 6.64. The Labute approximate surface area is 195 Å². The standard InChI is InChI=1S/C25H25N3O3SSi/c1-27(2)18-20(17-26)25(29)24-16-22-19(14-15-33(3,4)5)10-9-13-23(22)28(24)32(30,31)21-11-7-6-8-12-21/h6-13,16,18H,1-5H3. The first-order valence-corrected chi connectivity index (χ1v) is 15.2. The van der Waals surface area contributed by atoms with Gasteiger partial charge in [0.1, 0.15) is 25.4 Å². The lowest BCUT2D eigenvalue weighted by molar-refractivity contribution is 0.103. The van der Waals surface area contributed by atoms with Crippen molar-refractivity contribution < 1.29 is 13.2 Å². The van der Waals surface area contributed by atoms with Crippen molar-refractivity contribution in [1.82, 2.24) is 8.87 Å². The van der Waals surface area contributed by atoms with E-state index in [0.29, 0.717) is 16.5 Å². The molecule has 1 heterocycles. The Hall–Kier alpha value is -3.59. The fourth-order valence-corrected chi connectivity index (χ4v) is 5.25. The average Bonchev–Trinajstić information content (AvgIpc) is 3.16. The van der Waals surface area contributed by atoms with Crippen LogP contribution in [-0.2, 0) is 10.0 Å². The first-order valence-electron chi connectivity index (χ1n) is 10.3. The van der Waals surface area contributed by atoms with Crippen molar-refractivity contribution in [2.45, 2.75) is 24.5 Å². The van der Waals surface area contributed by atoms with Gasteiger partial charge in [-0.1, -0.05) is 49.8 Å². The van der Waals surface area contributed by atoms with Crippen LogP contribution in [0.25, 0.3) is 10.9 Å². The monoisotopic (exact) mass is 475 g/mol. The molecular formula is C25H25N3O3SSi. The number of hydrogen-bond donors (Lipinski definition) is 0. The van der Waals surface area contributed by atoms with Crippen LogP contribution in [0.5, 0.6) is 0 Å². The van der Waals surface area contributed by atoms with Gasteiger partial charge < -0.3 is 4.90 Å². The highest BCUT2D eigenvalue weighted by Gasteiger charge is 2.28. The van der Waals surface area contributed by atoms with Crippen molar-refractivity contribution in [3.8, 4) is 17.5 Å². The van der Waals surface area contributed by atoms with Crippen LogP contribution < -0.4 is 0 Å². The van der Waals surface area contributed by atoms with Crippen molar-refractivity contribution in [3.05, 3.63) is 77.6 Å². The van der Waals surface area contributed by atoms with Crippen LogP contribution in [0.4, 0.5) is 0 Å². The normalized spacial score (nSPS) is 12.1. The molecule has 0 amide bonds. The Morgan fingerprint density at radius 1 is 1.06 bits per heavy atom. The number of hydrogen-bond acceptors (Lipinski definition) is 5. The molecule has 0 atom stereocenters. The summed E-state index contributed by atoms with van der Waals surface area (Å²) in [6, 6.07) is 16.5. The van der Waals surface area contributed by atoms with Crippen LogP contribution in [0.2, 0.25) is 19.6 Å². The molecule has 0 bridgehead atoms. The summed E-state index contributed by atoms with van der Waals surface area (Å²) in [5.74, 6) is 2.50. The van der Waals surface area contributed by atoms with E-state index in [4.69, 9.17) is 0 Å². The fourth-order valence-electron chi connectivity index (χ4n) is 3.22. The fraction of sp³-hybridized carbons (Fsp3) is 0.200. The highest BCUT2D eigenvalue weighted by molar-refractivity contribution is 7.90. The number of Topliss-reactive ketones (excluding diaryl/α,β-unsaturated/α-hetero) is 1. The largest absolute Gasteiger partial charge is 0.382 e. The van der Waals surface area contributed by atoms with Crippen molar-refractivity contribution in [3.63, 3.8) is 0 Å². The number of nitrogens with zero attached hydrogens (tertiary/aromatic N) is 3. The van der Waals surface area contributed by atoms with E-state index in [9.17, 15) is 18.5 Å². The molecule has 0 radical (unpaired) electrons. The molecule has 33 heavy (non-hydrogen) atoms. The zero-order chi connectivity index (χ0) is 24.4. The second-order valence-electron chi connectivity index (χ2n) is 8.80. The zero-order valence-electron chi connectivity index (χ0n) is 19.2. The topological polar surface area (TPSA) is 83.2 Å². The van der Waals surface area contributed by atoms with E-state index < -0.39 is 23.9 Å². The van der Waals surface area contributed by atoms with Crippen molar-refractivity contribution in [1.29, 1.82) is 5.26 Å². The van der Waals surface area contributed by atoms with E-state index in [2.05, 4.69) is 31.1 Å². The molecule has 0 fully saturated rings. The minimum Gasteiger partial charge on any atom is -0.382 e. The smallest absolute Gasteiger partial charge is 0.268 e. The maximum Gasteiger partial charge on any atom is 0.268 e. The molecule has 0 aliphatic carbocycles. The lowest BCUT2D eigenvalue weighted by atomic mass is 10.1. The number of rotatable bonds is 5. The van der Waals surface area contributed by atoms with Crippen LogP contribution in [0, 0.1) is 22.8 Å². The Bertz CT molecular complexity index is 1460. The third-order valence-electron chi connectivity index (χ3n) is 4.64. The average molecular weight is 476 g/mol. The molecule has 2 aromatic carbocycles. The maximum absolute atomic E-state index is 13.7. The number of benzene rings is 2. The van der Waals surface area contributed by atoms with E-state index in [0.717, 1.165) is 3.97 Å². The molecule has 3 rings (SSSR count). The van der Waals surface area contributed by atoms with Gasteiger partial charge in [0, 0.05) is 31.2 Å². The van der Waals surface area contributed by atoms with Gasteiger partial charge in [0.05, 0.1) is 10.4 Å². The third-order valence-corrected chi connectivity index (χ3v) is 7.26. The van der Waals surface area contributed by atoms with Crippen LogP contribution >= 0.6 is 0 Å². The van der Waals surface area contributed by atoms with Crippen LogP contribution in [0.15, 0.2) is 71.3 Å². The van der Waals surface area contributed by atoms with Crippen molar-refractivity contribution in [2.24, 2.45) is 0 Å². The Morgan fingerprint density at radius 3 is 2.30 bits per heavy atom. The molecule has 0 aliphatic rings. The summed E-state index contributed by atoms with van der Waals surface area (Å²) in [5, 5.41) is 10.1. The predicted octanol–water partition coefficient (Wildman–Crippen LogP) is 4.26. The number of ketones is 1. The molecule has 1 aromatic heterocycles. The zero-order valence-corrected chi connectivity index (χ0v) is 21.1. The van der Waals surface area contributed by atoms with Gasteiger partial charge in [-0.15, -0.1) is 5.54 Å². The lowest BCUT2D eigenvalue weighted by Gasteiger charge is -2.12. The minimum absolute atomic E-state index is 0.0465. The first-order chi connectivity index (χ1) is 15.5. The molecule has 0 saturated carbocycles. The van der Waals surface area contributed by atoms with Crippen LogP contribution in [0.3, 0.4) is 0 Å². The van der Waals surface area contributed by atoms with Gasteiger partial charge in [-0.2, -0.15) is 5.26 Å². The van der Waals surface area contributed by atoms with Crippen LogP contribution in [-0.4, -0.2) is 45.2 Å². The summed E-state index contributed by atoms with van der Waals surface area (Å²) in [4.78, 5) is 15.0. The molecule has 168 valence electrons. The quantitative estimate of drug-likeness (QED) is 0.181. The molecule has 0 unspecified atom stereocenters. The number of fused-ring (bicyclic) bond motifs is 1. The molecular weight excluding hydrogens is 450 g/mol. The van der Waals surface area contributed by atoms with Gasteiger partial charge in [-0.05, 0) is 30.3 Å². The first kappa shape index (κ1) is 24.1. The van der Waals surface area contributed by atoms with E-state index in [1.165, 1.54) is 24.4 Å². The second kappa shape index (κ2) is 9.11. The predicted molar refractivity (Wildman–Crippen MR) is 133 cm³/mol. The lowest BCUT2D eigenvalue weighted by Crippen LogP contribution is -2.20. The van der Waals surface area contributed by atoms with E-state index >= 15 is 0 Å². The highest BCUT2D eigenvalue weighted by atomic mass is 32.2. The maximum atomic E-state index is 13.7. The Morgan fingerprint density at radius 2 is 1.73 bits per heavy atom. The van der Waals surface area contributed by atoms with Crippen molar-refractivity contribution in [2.75, 3.05) is 14.1 Å². The Balaban J connectivity index is 2.40. The number of nitriles is 1. The molecule has 0 aliphatic heterocycles. The summed E-state index contributed by atoms with van der Waals surface area (Å²) in [5.41, 5.74) is 4.00. The van der Waals surface area contributed by atoms with Gasteiger partial charge in [0.2, 0.25) is 5.78 Å². The number of carbonyl (C=O) groups is 1. The number of carbonyl (C=O) groups excluding carboxylic acids is 1. The molecule has 3 aromatic rings. The summed E-state index contributed by atoms with van der Waals surface area (Å²) in [6.07, 6.45) is 1.38. The van der Waals surface area contributed by atoms with E-state index in [1.807, 2.05) is 12.1 Å². The summed E-state index contributed by atoms with van der Waals surface area (Å²) >= 11 is 0. The van der Waals surface area contributed by atoms with Crippen LogP contribution in [0.1, 0.15) is 16.1 Å². The SMILES string of the molecule is CN(C)C=C(C#N)C(=O)c1cc2c(C#C[Si](C)(C)C)cccc2n1S(=O)(=O)c1ccccc1. The summed E-state index contributed by atoms with van der Waals surface area (Å²) in [6.45, 7) is 6.35. The molecule has 0 saturated heterocycles. The number of allylic oxidation sites excluding steroid dienone is 1. The highest BCUT2D eigenvalue weighted by Crippen LogP contribution is 2.29. The van der Waals surface area contributed by atoms with Crippen molar-refractivity contribution >= 4 is 34.8 Å². The van der Waals surface area contributed by atoms with Gasteiger partial charge >= 0.3 is 0 Å². The van der Waals surface area contributed by atoms with E-state index in [1.54, 1.807) is 49.3 Å². The summed E-state index contributed by atoms with van der Waals surface area (Å²) < 4.78 is 28.4. The van der Waals surface area contributed by atoms with Gasteiger partial charge in [0.25, 0.3) is 10.0 Å². The van der Waals surface area contributed by atoms with Gasteiger partial charge in [0.15, 0.2) is 0 Å². The second-order valence-corrected chi connectivity index (χ2v) is 15.3. The summed E-state index contributed by atoms with van der Waals surface area (Å²) in [7, 11) is -2.45. The number of aromatic nitrogens is 1. The minimum atomic E-state index is -4.12. The molecule has 6 nitrogen and oxygen atoms in total. The van der Waals surface area contributed by atoms with Gasteiger partial charge in [-0.3, -0.25) is 4.79 Å².